The first kappa shape index (κ1) is 11.8. The van der Waals surface area contributed by atoms with Gasteiger partial charge < -0.3 is 15.3 Å². The Hall–Kier alpha value is -0.250. The minimum Gasteiger partial charge on any atom is -0.343 e. The summed E-state index contributed by atoms with van der Waals surface area (Å²) in [6, 6.07) is 0. The maximum Gasteiger partial charge on any atom is 0.283 e. The first-order valence-corrected chi connectivity index (χ1v) is 4.55. The fourth-order valence-electron chi connectivity index (χ4n) is 0.457. The van der Waals surface area contributed by atoms with E-state index < -0.39 is 27.8 Å². The van der Waals surface area contributed by atoms with E-state index in [0.29, 0.717) is 0 Å². The van der Waals surface area contributed by atoms with E-state index in [1.165, 1.54) is 0 Å². The highest BCUT2D eigenvalue weighted by atomic mass is 32.2. The fourth-order valence-corrected chi connectivity index (χ4v) is 1.37. The van der Waals surface area contributed by atoms with E-state index >= 15 is 0 Å². The summed E-state index contributed by atoms with van der Waals surface area (Å²) < 4.78 is 24.7. The maximum absolute atomic E-state index is 10.6. The minimum atomic E-state index is -4.00. The molecule has 0 aliphatic carbocycles. The molecule has 0 bridgehead atoms. The highest BCUT2D eigenvalue weighted by molar-refractivity contribution is 7.86. The molecule has 5 N–H and O–H groups in total. The maximum atomic E-state index is 10.6. The molecule has 0 amide bonds. The molecule has 1 unspecified atom stereocenters. The van der Waals surface area contributed by atoms with Gasteiger partial charge in [-0.2, -0.15) is 18.6 Å². The summed E-state index contributed by atoms with van der Waals surface area (Å²) in [6.07, 6.45) is 0. The lowest BCUT2D eigenvalue weighted by Gasteiger charge is -2.20. The molecule has 1 atom stereocenters. The highest BCUT2D eigenvalue weighted by Crippen LogP contribution is 2.12. The number of rotatable bonds is 4. The van der Waals surface area contributed by atoms with Gasteiger partial charge in [-0.3, -0.25) is 0 Å². The molecule has 0 aromatic rings. The van der Waals surface area contributed by atoms with Gasteiger partial charge in [-0.25, -0.2) is 0 Å². The topological polar surface area (TPSA) is 130 Å². The molecular formula is C4H11NO6S. The summed E-state index contributed by atoms with van der Waals surface area (Å²) >= 11 is 0. The zero-order valence-electron chi connectivity index (χ0n) is 6.34. The zero-order chi connectivity index (χ0) is 9.99. The van der Waals surface area contributed by atoms with Gasteiger partial charge in [-0.05, 0) is 0 Å². The van der Waals surface area contributed by atoms with E-state index in [1.807, 2.05) is 0 Å². The van der Waals surface area contributed by atoms with Crippen LogP contribution in [0.2, 0.25) is 0 Å². The molecule has 0 saturated carbocycles. The van der Waals surface area contributed by atoms with Gasteiger partial charge in [0.1, 0.15) is 0 Å². The molecule has 0 aromatic heterocycles. The van der Waals surface area contributed by atoms with Crippen LogP contribution in [0.1, 0.15) is 6.92 Å². The minimum absolute atomic E-state index is 0.785. The van der Waals surface area contributed by atoms with Crippen LogP contribution in [0.15, 0.2) is 0 Å². The standard InChI is InChI=1S/C4H11NO6S/c1-3(4(6,7)8)2-12(9,10)11-5/h3,6-8H,2,5H2,1H3. The van der Waals surface area contributed by atoms with Crippen molar-refractivity contribution in [1.29, 1.82) is 0 Å². The third kappa shape index (κ3) is 3.95. The van der Waals surface area contributed by atoms with Gasteiger partial charge in [0.2, 0.25) is 0 Å². The van der Waals surface area contributed by atoms with Gasteiger partial charge in [0.15, 0.2) is 0 Å². The fraction of sp³-hybridized carbons (Fsp3) is 1.00. The van der Waals surface area contributed by atoms with Crippen molar-refractivity contribution in [1.82, 2.24) is 0 Å². The Bertz CT molecular complexity index is 228. The number of aliphatic hydroxyl groups is 3. The molecule has 0 aliphatic heterocycles. The molecule has 0 spiro atoms. The van der Waals surface area contributed by atoms with Crippen LogP contribution in [0.4, 0.5) is 0 Å². The van der Waals surface area contributed by atoms with E-state index in [9.17, 15) is 8.42 Å². The molecule has 12 heavy (non-hydrogen) atoms. The second-order valence-electron chi connectivity index (χ2n) is 2.41. The van der Waals surface area contributed by atoms with Crippen molar-refractivity contribution in [3.63, 3.8) is 0 Å². The number of nitrogens with two attached hydrogens (primary N) is 1. The van der Waals surface area contributed by atoms with Crippen molar-refractivity contribution in [3.8, 4) is 0 Å². The molecule has 8 heteroatoms. The second-order valence-corrected chi connectivity index (χ2v) is 4.05. The highest BCUT2D eigenvalue weighted by Gasteiger charge is 2.32. The van der Waals surface area contributed by atoms with Gasteiger partial charge in [0, 0.05) is 0 Å². The van der Waals surface area contributed by atoms with Crippen LogP contribution in [0.3, 0.4) is 0 Å². The van der Waals surface area contributed by atoms with Crippen LogP contribution >= 0.6 is 0 Å². The van der Waals surface area contributed by atoms with Gasteiger partial charge >= 0.3 is 0 Å². The molecule has 0 saturated heterocycles. The monoisotopic (exact) mass is 201 g/mol. The molecule has 74 valence electrons. The predicted molar refractivity (Wildman–Crippen MR) is 37.6 cm³/mol. The molecule has 0 rings (SSSR count). The van der Waals surface area contributed by atoms with Crippen LogP contribution < -0.4 is 5.90 Å². The van der Waals surface area contributed by atoms with Crippen molar-refractivity contribution in [3.05, 3.63) is 0 Å². The largest absolute Gasteiger partial charge is 0.343 e. The molecule has 0 heterocycles. The summed E-state index contributed by atoms with van der Waals surface area (Å²) in [7, 11) is -4.00. The normalized spacial score (nSPS) is 16.1. The molecule has 0 fully saturated rings. The smallest absolute Gasteiger partial charge is 0.283 e. The average Bonchev–Trinajstić information content (AvgIpc) is 1.85. The van der Waals surface area contributed by atoms with Crippen LogP contribution in [-0.4, -0.2) is 35.5 Å². The number of hydrogen-bond acceptors (Lipinski definition) is 7. The van der Waals surface area contributed by atoms with Crippen LogP contribution in [-0.2, 0) is 14.4 Å². The van der Waals surface area contributed by atoms with Crippen LogP contribution in [0, 0.1) is 5.92 Å². The SMILES string of the molecule is CC(CS(=O)(=O)ON)C(O)(O)O. The van der Waals surface area contributed by atoms with E-state index in [1.54, 1.807) is 0 Å². The van der Waals surface area contributed by atoms with Crippen molar-refractivity contribution < 1.29 is 28.0 Å². The molecule has 7 nitrogen and oxygen atoms in total. The Balaban J connectivity index is 4.30. The molecule has 0 radical (unpaired) electrons. The number of hydrogen-bond donors (Lipinski definition) is 4. The third-order valence-corrected chi connectivity index (χ3v) is 2.46. The Labute approximate surface area is 69.5 Å². The quantitative estimate of drug-likeness (QED) is 0.291. The van der Waals surface area contributed by atoms with Gasteiger partial charge in [-0.1, -0.05) is 6.92 Å². The Morgan fingerprint density at radius 3 is 2.17 bits per heavy atom. The summed E-state index contributed by atoms with van der Waals surface area (Å²) in [5.74, 6) is -0.784. The van der Waals surface area contributed by atoms with Gasteiger partial charge in [-0.15, -0.1) is 0 Å². The average molecular weight is 201 g/mol. The van der Waals surface area contributed by atoms with E-state index in [0.717, 1.165) is 6.92 Å². The molecule has 0 aromatic carbocycles. The van der Waals surface area contributed by atoms with Crippen molar-refractivity contribution in [2.24, 2.45) is 11.8 Å². The van der Waals surface area contributed by atoms with E-state index in [4.69, 9.17) is 15.3 Å². The predicted octanol–water partition coefficient (Wildman–Crippen LogP) is -2.53. The summed E-state index contributed by atoms with van der Waals surface area (Å²) in [6.45, 7) is 1.11. The first-order chi connectivity index (χ1) is 5.19. The van der Waals surface area contributed by atoms with E-state index in [2.05, 4.69) is 10.2 Å². The van der Waals surface area contributed by atoms with Crippen molar-refractivity contribution in [2.75, 3.05) is 5.75 Å². The summed E-state index contributed by atoms with van der Waals surface area (Å²) in [5.41, 5.74) is 0. The van der Waals surface area contributed by atoms with E-state index in [-0.39, 0.29) is 0 Å². The first-order valence-electron chi connectivity index (χ1n) is 2.97. The third-order valence-electron chi connectivity index (χ3n) is 1.26. The lowest BCUT2D eigenvalue weighted by atomic mass is 10.2. The lowest BCUT2D eigenvalue weighted by Crippen LogP contribution is -2.40. The van der Waals surface area contributed by atoms with Crippen LogP contribution in [0.25, 0.3) is 0 Å². The van der Waals surface area contributed by atoms with Crippen molar-refractivity contribution in [2.45, 2.75) is 12.9 Å². The Morgan fingerprint density at radius 1 is 1.50 bits per heavy atom. The van der Waals surface area contributed by atoms with Crippen LogP contribution in [0.5, 0.6) is 0 Å². The summed E-state index contributed by atoms with van der Waals surface area (Å²) in [4.78, 5) is 0. The Kier molecular flexibility index (Phi) is 3.57. The zero-order valence-corrected chi connectivity index (χ0v) is 7.15. The lowest BCUT2D eigenvalue weighted by molar-refractivity contribution is -0.335. The molecule has 0 aliphatic rings. The van der Waals surface area contributed by atoms with Gasteiger partial charge in [0.25, 0.3) is 16.1 Å². The van der Waals surface area contributed by atoms with Gasteiger partial charge in [0.05, 0.1) is 11.7 Å². The Morgan fingerprint density at radius 2 is 1.92 bits per heavy atom. The molecular weight excluding hydrogens is 190 g/mol. The van der Waals surface area contributed by atoms with Crippen molar-refractivity contribution >= 4 is 10.1 Å². The summed E-state index contributed by atoms with van der Waals surface area (Å²) in [5, 5.41) is 25.5. The second kappa shape index (κ2) is 3.64.